The van der Waals surface area contributed by atoms with Crippen LogP contribution in [-0.4, -0.2) is 47.8 Å². The Labute approximate surface area is 165 Å². The fourth-order valence-corrected chi connectivity index (χ4v) is 4.53. The lowest BCUT2D eigenvalue weighted by Crippen LogP contribution is -2.52. The maximum atomic E-state index is 12.7. The Hall–Kier alpha value is -2.25. The van der Waals surface area contributed by atoms with Crippen molar-refractivity contribution >= 4 is 17.7 Å². The minimum absolute atomic E-state index is 0.118. The summed E-state index contributed by atoms with van der Waals surface area (Å²) >= 11 is 0. The van der Waals surface area contributed by atoms with Gasteiger partial charge in [-0.1, -0.05) is 12.1 Å². The number of imide groups is 1. The molecule has 4 rings (SSSR count). The molecule has 7 heteroatoms. The molecule has 3 amide bonds. The first-order valence-electron chi connectivity index (χ1n) is 10.2. The smallest absolute Gasteiger partial charge is 0.255 e. The molecular weight excluding hydrogens is 356 g/mol. The van der Waals surface area contributed by atoms with E-state index < -0.39 is 6.04 Å². The van der Waals surface area contributed by atoms with Crippen molar-refractivity contribution in [2.45, 2.75) is 57.8 Å². The van der Waals surface area contributed by atoms with Crippen LogP contribution in [0.15, 0.2) is 18.2 Å². The van der Waals surface area contributed by atoms with Crippen LogP contribution in [0.2, 0.25) is 0 Å². The van der Waals surface area contributed by atoms with E-state index in [1.54, 1.807) is 4.90 Å². The van der Waals surface area contributed by atoms with Crippen molar-refractivity contribution in [2.75, 3.05) is 13.1 Å². The van der Waals surface area contributed by atoms with Gasteiger partial charge in [-0.25, -0.2) is 0 Å². The van der Waals surface area contributed by atoms with Gasteiger partial charge in [0.2, 0.25) is 11.8 Å². The third-order valence-electron chi connectivity index (χ3n) is 6.31. The Balaban J connectivity index is 1.39. The summed E-state index contributed by atoms with van der Waals surface area (Å²) in [7, 11) is 0. The standard InChI is InChI=1S/C21H28N4O3/c1-13(15-6-8-22-9-7-15)23-11-14-2-3-17-16(10-14)12-25(21(17)28)18-4-5-19(26)24-20(18)27/h2-3,10,13,15,18,22-23H,4-9,11-12H2,1H3,(H,24,26,27)/t13-,18?/m0/s1. The predicted octanol–water partition coefficient (Wildman–Crippen LogP) is 0.925. The topological polar surface area (TPSA) is 90.5 Å². The molecule has 3 aliphatic heterocycles. The Kier molecular flexibility index (Phi) is 5.46. The molecule has 1 aromatic rings. The Morgan fingerprint density at radius 2 is 1.96 bits per heavy atom. The van der Waals surface area contributed by atoms with Crippen molar-refractivity contribution < 1.29 is 14.4 Å². The Morgan fingerprint density at radius 1 is 1.18 bits per heavy atom. The molecule has 0 aromatic heterocycles. The first kappa shape index (κ1) is 19.1. The van der Waals surface area contributed by atoms with Crippen molar-refractivity contribution in [3.63, 3.8) is 0 Å². The summed E-state index contributed by atoms with van der Waals surface area (Å²) in [5, 5.41) is 9.37. The van der Waals surface area contributed by atoms with Gasteiger partial charge in [0.25, 0.3) is 5.91 Å². The van der Waals surface area contributed by atoms with Crippen molar-refractivity contribution in [1.82, 2.24) is 20.9 Å². The highest BCUT2D eigenvalue weighted by Gasteiger charge is 2.39. The van der Waals surface area contributed by atoms with Gasteiger partial charge >= 0.3 is 0 Å². The Morgan fingerprint density at radius 3 is 2.71 bits per heavy atom. The highest BCUT2D eigenvalue weighted by atomic mass is 16.2. The second-order valence-electron chi connectivity index (χ2n) is 8.15. The van der Waals surface area contributed by atoms with E-state index in [0.29, 0.717) is 30.5 Å². The van der Waals surface area contributed by atoms with Crippen LogP contribution in [0.4, 0.5) is 0 Å². The molecule has 28 heavy (non-hydrogen) atoms. The largest absolute Gasteiger partial charge is 0.322 e. The Bertz CT molecular complexity index is 788. The monoisotopic (exact) mass is 384 g/mol. The van der Waals surface area contributed by atoms with Crippen LogP contribution in [-0.2, 0) is 22.7 Å². The SMILES string of the molecule is C[C@H](NCc1ccc2c(c1)CN(C1CCC(=O)NC1=O)C2=O)C1CCNCC1. The number of nitrogens with one attached hydrogen (secondary N) is 3. The number of carbonyl (C=O) groups is 3. The molecule has 1 unspecified atom stereocenters. The summed E-state index contributed by atoms with van der Waals surface area (Å²) in [5.41, 5.74) is 2.78. The predicted molar refractivity (Wildman–Crippen MR) is 104 cm³/mol. The molecule has 0 bridgehead atoms. The lowest BCUT2D eigenvalue weighted by molar-refractivity contribution is -0.136. The molecule has 0 radical (unpaired) electrons. The quantitative estimate of drug-likeness (QED) is 0.657. The van der Waals surface area contributed by atoms with E-state index in [4.69, 9.17) is 0 Å². The van der Waals surface area contributed by atoms with Crippen LogP contribution in [0.25, 0.3) is 0 Å². The molecule has 3 aliphatic rings. The van der Waals surface area contributed by atoms with E-state index in [9.17, 15) is 14.4 Å². The fraction of sp³-hybridized carbons (Fsp3) is 0.571. The van der Waals surface area contributed by atoms with Gasteiger partial charge in [-0.15, -0.1) is 0 Å². The molecule has 0 spiro atoms. The number of carbonyl (C=O) groups excluding carboxylic acids is 3. The van der Waals surface area contributed by atoms with Gasteiger partial charge < -0.3 is 15.5 Å². The van der Waals surface area contributed by atoms with Crippen molar-refractivity contribution in [2.24, 2.45) is 5.92 Å². The zero-order valence-corrected chi connectivity index (χ0v) is 16.3. The van der Waals surface area contributed by atoms with Crippen LogP contribution in [0.5, 0.6) is 0 Å². The summed E-state index contributed by atoms with van der Waals surface area (Å²) in [4.78, 5) is 37.9. The summed E-state index contributed by atoms with van der Waals surface area (Å²) in [5.74, 6) is -0.0518. The van der Waals surface area contributed by atoms with Crippen LogP contribution in [0.1, 0.15) is 54.1 Å². The molecule has 3 N–H and O–H groups in total. The van der Waals surface area contributed by atoms with E-state index >= 15 is 0 Å². The van der Waals surface area contributed by atoms with Gasteiger partial charge in [0.15, 0.2) is 0 Å². The van der Waals surface area contributed by atoms with Crippen LogP contribution in [0.3, 0.4) is 0 Å². The molecule has 150 valence electrons. The van der Waals surface area contributed by atoms with Crippen LogP contribution in [0, 0.1) is 5.92 Å². The highest BCUT2D eigenvalue weighted by molar-refractivity contribution is 6.05. The molecule has 0 saturated carbocycles. The molecule has 2 atom stereocenters. The summed E-state index contributed by atoms with van der Waals surface area (Å²) < 4.78 is 0. The number of rotatable bonds is 5. The first-order valence-corrected chi connectivity index (χ1v) is 10.2. The van der Waals surface area contributed by atoms with Gasteiger partial charge in [0.05, 0.1) is 0 Å². The number of nitrogens with zero attached hydrogens (tertiary/aromatic N) is 1. The minimum Gasteiger partial charge on any atom is -0.322 e. The van der Waals surface area contributed by atoms with Gasteiger partial charge in [0, 0.05) is 31.1 Å². The summed E-state index contributed by atoms with van der Waals surface area (Å²) in [6.45, 7) is 5.63. The van der Waals surface area contributed by atoms with E-state index in [-0.39, 0.29) is 24.1 Å². The van der Waals surface area contributed by atoms with Gasteiger partial charge in [0.1, 0.15) is 6.04 Å². The zero-order chi connectivity index (χ0) is 19.7. The fourth-order valence-electron chi connectivity index (χ4n) is 4.53. The minimum atomic E-state index is -0.556. The van der Waals surface area contributed by atoms with Gasteiger partial charge in [-0.2, -0.15) is 0 Å². The highest BCUT2D eigenvalue weighted by Crippen LogP contribution is 2.28. The third kappa shape index (κ3) is 3.82. The zero-order valence-electron chi connectivity index (χ0n) is 16.3. The second-order valence-corrected chi connectivity index (χ2v) is 8.15. The van der Waals surface area contributed by atoms with Gasteiger partial charge in [-0.3, -0.25) is 19.7 Å². The third-order valence-corrected chi connectivity index (χ3v) is 6.31. The normalized spacial score (nSPS) is 24.2. The molecule has 2 saturated heterocycles. The summed E-state index contributed by atoms with van der Waals surface area (Å²) in [6, 6.07) is 5.83. The van der Waals surface area contributed by atoms with Crippen molar-refractivity contribution in [3.8, 4) is 0 Å². The van der Waals surface area contributed by atoms with Crippen molar-refractivity contribution in [3.05, 3.63) is 34.9 Å². The average Bonchev–Trinajstić information content (AvgIpc) is 3.02. The number of hydrogen-bond donors (Lipinski definition) is 3. The maximum absolute atomic E-state index is 12.7. The number of amides is 3. The molecule has 1 aromatic carbocycles. The molecule has 0 aliphatic carbocycles. The molecule has 7 nitrogen and oxygen atoms in total. The average molecular weight is 384 g/mol. The number of hydrogen-bond acceptors (Lipinski definition) is 5. The second kappa shape index (κ2) is 8.01. The van der Waals surface area contributed by atoms with E-state index in [0.717, 1.165) is 30.8 Å². The number of fused-ring (bicyclic) bond motifs is 1. The molecule has 2 fully saturated rings. The maximum Gasteiger partial charge on any atom is 0.255 e. The lowest BCUT2D eigenvalue weighted by Gasteiger charge is -2.29. The lowest BCUT2D eigenvalue weighted by atomic mass is 9.91. The first-order chi connectivity index (χ1) is 13.5. The van der Waals surface area contributed by atoms with Crippen LogP contribution >= 0.6 is 0 Å². The van der Waals surface area contributed by atoms with Gasteiger partial charge in [-0.05, 0) is 62.4 Å². The number of benzene rings is 1. The number of piperidine rings is 2. The summed E-state index contributed by atoms with van der Waals surface area (Å²) in [6.07, 6.45) is 3.08. The van der Waals surface area contributed by atoms with Crippen molar-refractivity contribution in [1.29, 1.82) is 0 Å². The molecule has 3 heterocycles. The van der Waals surface area contributed by atoms with E-state index in [1.807, 2.05) is 12.1 Å². The van der Waals surface area contributed by atoms with Crippen LogP contribution < -0.4 is 16.0 Å². The van der Waals surface area contributed by atoms with E-state index in [2.05, 4.69) is 28.9 Å². The van der Waals surface area contributed by atoms with E-state index in [1.165, 1.54) is 12.8 Å². The molecular formula is C21H28N4O3.